The molecule has 26 heavy (non-hydrogen) atoms. The number of nitrogens with zero attached hydrogens (tertiary/aromatic N) is 1. The summed E-state index contributed by atoms with van der Waals surface area (Å²) in [7, 11) is 1.57. The lowest BCUT2D eigenvalue weighted by Crippen LogP contribution is -2.13. The maximum absolute atomic E-state index is 12.4. The fourth-order valence-electron chi connectivity index (χ4n) is 2.37. The Hall–Kier alpha value is -3.26. The van der Waals surface area contributed by atoms with Crippen LogP contribution in [-0.2, 0) is 11.2 Å². The highest BCUT2D eigenvalue weighted by Gasteiger charge is 2.12. The summed E-state index contributed by atoms with van der Waals surface area (Å²) in [5.74, 6) is 0.735. The van der Waals surface area contributed by atoms with E-state index in [-0.39, 0.29) is 5.57 Å². The number of hydrogen-bond donors (Lipinski definition) is 1. The summed E-state index contributed by atoms with van der Waals surface area (Å²) in [6.07, 6.45) is 2.44. The molecule has 0 saturated carbocycles. The molecule has 0 aliphatic heterocycles. The molecule has 0 unspecified atom stereocenters. The van der Waals surface area contributed by atoms with Gasteiger partial charge in [-0.2, -0.15) is 5.26 Å². The van der Waals surface area contributed by atoms with Gasteiger partial charge in [-0.1, -0.05) is 19.1 Å². The maximum Gasteiger partial charge on any atom is 0.266 e. The van der Waals surface area contributed by atoms with E-state index >= 15 is 0 Å². The minimum absolute atomic E-state index is 0.00399. The molecular weight excluding hydrogens is 328 g/mol. The van der Waals surface area contributed by atoms with E-state index in [4.69, 9.17) is 9.47 Å². The molecule has 0 aliphatic rings. The minimum Gasteiger partial charge on any atom is -0.497 e. The molecule has 0 fully saturated rings. The minimum atomic E-state index is -0.463. The van der Waals surface area contributed by atoms with Crippen LogP contribution in [-0.4, -0.2) is 19.6 Å². The van der Waals surface area contributed by atoms with Crippen LogP contribution in [0.1, 0.15) is 25.0 Å². The Morgan fingerprint density at radius 2 is 1.92 bits per heavy atom. The lowest BCUT2D eigenvalue weighted by Gasteiger charge is -2.10. The summed E-state index contributed by atoms with van der Waals surface area (Å²) in [4.78, 5) is 12.4. The Kier molecular flexibility index (Phi) is 6.81. The monoisotopic (exact) mass is 350 g/mol. The Morgan fingerprint density at radius 3 is 2.50 bits per heavy atom. The molecule has 0 saturated heterocycles. The first-order valence-electron chi connectivity index (χ1n) is 8.44. The zero-order valence-corrected chi connectivity index (χ0v) is 15.2. The van der Waals surface area contributed by atoms with Crippen LogP contribution < -0.4 is 14.8 Å². The van der Waals surface area contributed by atoms with Gasteiger partial charge in [0.1, 0.15) is 23.1 Å². The lowest BCUT2D eigenvalue weighted by atomic mass is 10.1. The molecule has 5 heteroatoms. The molecule has 2 aromatic rings. The molecule has 0 bridgehead atoms. The van der Waals surface area contributed by atoms with Gasteiger partial charge in [0.15, 0.2) is 0 Å². The van der Waals surface area contributed by atoms with Gasteiger partial charge < -0.3 is 14.8 Å². The predicted octanol–water partition coefficient (Wildman–Crippen LogP) is 4.20. The molecule has 0 aromatic heterocycles. The number of aryl methyl sites for hydroxylation is 1. The van der Waals surface area contributed by atoms with Gasteiger partial charge >= 0.3 is 0 Å². The van der Waals surface area contributed by atoms with Gasteiger partial charge in [-0.3, -0.25) is 4.79 Å². The Morgan fingerprint density at radius 1 is 1.19 bits per heavy atom. The SMILES string of the molecule is CCOc1cc(OC)ccc1/C=C(\C#N)C(=O)Nc1ccc(CC)cc1. The molecule has 5 nitrogen and oxygen atoms in total. The third-order valence-electron chi connectivity index (χ3n) is 3.81. The van der Waals surface area contributed by atoms with Gasteiger partial charge in [0.2, 0.25) is 0 Å². The number of anilines is 1. The topological polar surface area (TPSA) is 71.3 Å². The molecule has 0 aliphatic carbocycles. The van der Waals surface area contributed by atoms with E-state index in [1.807, 2.05) is 37.3 Å². The van der Waals surface area contributed by atoms with Crippen LogP contribution in [0.2, 0.25) is 0 Å². The van der Waals surface area contributed by atoms with Gasteiger partial charge in [-0.25, -0.2) is 0 Å². The summed E-state index contributed by atoms with van der Waals surface area (Å²) in [6, 6.07) is 14.7. The number of hydrogen-bond acceptors (Lipinski definition) is 4. The quantitative estimate of drug-likeness (QED) is 0.600. The fourth-order valence-corrected chi connectivity index (χ4v) is 2.37. The number of amides is 1. The highest BCUT2D eigenvalue weighted by molar-refractivity contribution is 6.09. The average molecular weight is 350 g/mol. The summed E-state index contributed by atoms with van der Waals surface area (Å²) in [5, 5.41) is 12.1. The summed E-state index contributed by atoms with van der Waals surface area (Å²) in [6.45, 7) is 4.39. The normalized spacial score (nSPS) is 10.8. The Balaban J connectivity index is 2.25. The Labute approximate surface area is 153 Å². The van der Waals surface area contributed by atoms with Crippen LogP contribution in [0.25, 0.3) is 6.08 Å². The summed E-state index contributed by atoms with van der Waals surface area (Å²) < 4.78 is 10.8. The van der Waals surface area contributed by atoms with Crippen molar-refractivity contribution in [3.8, 4) is 17.6 Å². The molecule has 1 amide bonds. The van der Waals surface area contributed by atoms with Crippen molar-refractivity contribution in [3.05, 3.63) is 59.2 Å². The van der Waals surface area contributed by atoms with Crippen molar-refractivity contribution in [1.82, 2.24) is 0 Å². The first-order valence-corrected chi connectivity index (χ1v) is 8.44. The van der Waals surface area contributed by atoms with Gasteiger partial charge in [-0.05, 0) is 49.2 Å². The molecule has 2 aromatic carbocycles. The van der Waals surface area contributed by atoms with Crippen molar-refractivity contribution >= 4 is 17.7 Å². The van der Waals surface area contributed by atoms with Crippen LogP contribution >= 0.6 is 0 Å². The van der Waals surface area contributed by atoms with Crippen molar-refractivity contribution < 1.29 is 14.3 Å². The second-order valence-electron chi connectivity index (χ2n) is 5.51. The number of benzene rings is 2. The van der Waals surface area contributed by atoms with Crippen LogP contribution in [0, 0.1) is 11.3 Å². The van der Waals surface area contributed by atoms with E-state index in [0.717, 1.165) is 6.42 Å². The molecule has 2 rings (SSSR count). The first kappa shape index (κ1) is 19.1. The second kappa shape index (κ2) is 9.28. The van der Waals surface area contributed by atoms with Crippen molar-refractivity contribution in [2.75, 3.05) is 19.0 Å². The predicted molar refractivity (Wildman–Crippen MR) is 102 cm³/mol. The number of carbonyl (C=O) groups excluding carboxylic acids is 1. The molecule has 0 radical (unpaired) electrons. The highest BCUT2D eigenvalue weighted by atomic mass is 16.5. The van der Waals surface area contributed by atoms with Gasteiger partial charge in [0.25, 0.3) is 5.91 Å². The molecule has 1 N–H and O–H groups in total. The van der Waals surface area contributed by atoms with Crippen LogP contribution in [0.4, 0.5) is 5.69 Å². The molecule has 134 valence electrons. The van der Waals surface area contributed by atoms with Crippen molar-refractivity contribution in [3.63, 3.8) is 0 Å². The van der Waals surface area contributed by atoms with Crippen molar-refractivity contribution in [2.45, 2.75) is 20.3 Å². The zero-order valence-electron chi connectivity index (χ0n) is 15.2. The number of carbonyl (C=O) groups is 1. The largest absolute Gasteiger partial charge is 0.497 e. The number of ether oxygens (including phenoxy) is 2. The van der Waals surface area contributed by atoms with E-state index in [2.05, 4.69) is 12.2 Å². The standard InChI is InChI=1S/C21H22N2O3/c1-4-15-6-9-18(10-7-15)23-21(24)17(14-22)12-16-8-11-19(25-3)13-20(16)26-5-2/h6-13H,4-5H2,1-3H3,(H,23,24)/b17-12+. The summed E-state index contributed by atoms with van der Waals surface area (Å²) in [5.41, 5.74) is 2.46. The number of nitrogens with one attached hydrogen (secondary N) is 1. The molecule has 0 atom stereocenters. The fraction of sp³-hybridized carbons (Fsp3) is 0.238. The Bertz CT molecular complexity index is 833. The summed E-state index contributed by atoms with van der Waals surface area (Å²) >= 11 is 0. The maximum atomic E-state index is 12.4. The van der Waals surface area contributed by atoms with Crippen LogP contribution in [0.3, 0.4) is 0 Å². The second-order valence-corrected chi connectivity index (χ2v) is 5.51. The van der Waals surface area contributed by atoms with Gasteiger partial charge in [0, 0.05) is 17.3 Å². The van der Waals surface area contributed by atoms with E-state index in [1.165, 1.54) is 11.6 Å². The number of rotatable bonds is 7. The zero-order chi connectivity index (χ0) is 18.9. The number of methoxy groups -OCH3 is 1. The van der Waals surface area contributed by atoms with E-state index < -0.39 is 5.91 Å². The van der Waals surface area contributed by atoms with Crippen LogP contribution in [0.5, 0.6) is 11.5 Å². The van der Waals surface area contributed by atoms with E-state index in [1.54, 1.807) is 25.3 Å². The van der Waals surface area contributed by atoms with E-state index in [9.17, 15) is 10.1 Å². The first-order chi connectivity index (χ1) is 12.6. The molecular formula is C21H22N2O3. The third kappa shape index (κ3) is 4.87. The highest BCUT2D eigenvalue weighted by Crippen LogP contribution is 2.27. The average Bonchev–Trinajstić information content (AvgIpc) is 2.67. The molecule has 0 heterocycles. The van der Waals surface area contributed by atoms with Gasteiger partial charge in [-0.15, -0.1) is 0 Å². The third-order valence-corrected chi connectivity index (χ3v) is 3.81. The number of nitriles is 1. The van der Waals surface area contributed by atoms with E-state index in [0.29, 0.717) is 29.4 Å². The lowest BCUT2D eigenvalue weighted by molar-refractivity contribution is -0.112. The smallest absolute Gasteiger partial charge is 0.266 e. The van der Waals surface area contributed by atoms with Gasteiger partial charge in [0.05, 0.1) is 13.7 Å². The van der Waals surface area contributed by atoms with Crippen molar-refractivity contribution in [2.24, 2.45) is 0 Å². The van der Waals surface area contributed by atoms with Crippen LogP contribution in [0.15, 0.2) is 48.0 Å². The van der Waals surface area contributed by atoms with Crippen molar-refractivity contribution in [1.29, 1.82) is 5.26 Å². The molecule has 0 spiro atoms.